The zero-order chi connectivity index (χ0) is 12.5. The first-order valence-corrected chi connectivity index (χ1v) is 6.06. The molecule has 15 heavy (non-hydrogen) atoms. The van der Waals surface area contributed by atoms with E-state index in [0.29, 0.717) is 5.92 Å². The highest BCUT2D eigenvalue weighted by Crippen LogP contribution is 2.37. The van der Waals surface area contributed by atoms with Crippen LogP contribution in [0.3, 0.4) is 0 Å². The molecular weight excluding hydrogens is 184 g/mol. The SMILES string of the molecule is CC(CC(C)(O)CC(C)(C)C)C(C)(C)C. The Kier molecular flexibility index (Phi) is 4.44. The van der Waals surface area contributed by atoms with Crippen molar-refractivity contribution in [2.75, 3.05) is 0 Å². The van der Waals surface area contributed by atoms with Crippen molar-refractivity contribution in [2.45, 2.75) is 73.8 Å². The Hall–Kier alpha value is -0.0400. The van der Waals surface area contributed by atoms with E-state index in [-0.39, 0.29) is 10.8 Å². The molecule has 0 saturated carbocycles. The Morgan fingerprint density at radius 1 is 0.933 bits per heavy atom. The molecule has 2 atom stereocenters. The van der Waals surface area contributed by atoms with Gasteiger partial charge in [-0.2, -0.15) is 0 Å². The summed E-state index contributed by atoms with van der Waals surface area (Å²) in [6.45, 7) is 17.5. The molecule has 1 nitrogen and oxygen atoms in total. The summed E-state index contributed by atoms with van der Waals surface area (Å²) in [5.74, 6) is 0.537. The number of rotatable bonds is 3. The predicted octanol–water partition coefficient (Wildman–Crippen LogP) is 4.25. The highest BCUT2D eigenvalue weighted by Gasteiger charge is 2.32. The molecular formula is C14H30O. The van der Waals surface area contributed by atoms with Gasteiger partial charge in [-0.1, -0.05) is 48.5 Å². The normalized spacial score (nSPS) is 19.8. The maximum Gasteiger partial charge on any atom is 0.0627 e. The van der Waals surface area contributed by atoms with E-state index >= 15 is 0 Å². The Balaban J connectivity index is 4.39. The molecule has 0 aliphatic heterocycles. The third kappa shape index (κ3) is 6.94. The molecule has 0 heterocycles. The fourth-order valence-electron chi connectivity index (χ4n) is 2.18. The van der Waals surface area contributed by atoms with E-state index in [0.717, 1.165) is 12.8 Å². The van der Waals surface area contributed by atoms with Crippen LogP contribution in [0.1, 0.15) is 68.2 Å². The van der Waals surface area contributed by atoms with Crippen LogP contribution in [-0.4, -0.2) is 10.7 Å². The van der Waals surface area contributed by atoms with Gasteiger partial charge in [0.1, 0.15) is 0 Å². The van der Waals surface area contributed by atoms with Gasteiger partial charge < -0.3 is 5.11 Å². The molecule has 0 saturated heterocycles. The van der Waals surface area contributed by atoms with Gasteiger partial charge in [0.05, 0.1) is 5.60 Å². The molecule has 0 aromatic rings. The summed E-state index contributed by atoms with van der Waals surface area (Å²) in [6, 6.07) is 0. The minimum Gasteiger partial charge on any atom is -0.390 e. The molecule has 0 bridgehead atoms. The lowest BCUT2D eigenvalue weighted by Crippen LogP contribution is -2.35. The standard InChI is InChI=1S/C14H30O/c1-11(13(5,6)7)9-14(8,15)10-12(2,3)4/h11,15H,9-10H2,1-8H3. The summed E-state index contributed by atoms with van der Waals surface area (Å²) in [7, 11) is 0. The molecule has 92 valence electrons. The monoisotopic (exact) mass is 214 g/mol. The zero-order valence-corrected chi connectivity index (χ0v) is 11.9. The van der Waals surface area contributed by atoms with E-state index in [4.69, 9.17) is 0 Å². The average molecular weight is 214 g/mol. The quantitative estimate of drug-likeness (QED) is 0.745. The van der Waals surface area contributed by atoms with Crippen LogP contribution < -0.4 is 0 Å². The van der Waals surface area contributed by atoms with Crippen molar-refractivity contribution in [1.29, 1.82) is 0 Å². The fourth-order valence-corrected chi connectivity index (χ4v) is 2.18. The lowest BCUT2D eigenvalue weighted by molar-refractivity contribution is -0.0147. The summed E-state index contributed by atoms with van der Waals surface area (Å²) in [5, 5.41) is 10.4. The first-order valence-electron chi connectivity index (χ1n) is 6.06. The molecule has 0 aliphatic carbocycles. The topological polar surface area (TPSA) is 20.2 Å². The largest absolute Gasteiger partial charge is 0.390 e. The van der Waals surface area contributed by atoms with E-state index in [1.165, 1.54) is 0 Å². The van der Waals surface area contributed by atoms with Gasteiger partial charge in [-0.3, -0.25) is 0 Å². The summed E-state index contributed by atoms with van der Waals surface area (Å²) in [5.41, 5.74) is -0.0616. The smallest absolute Gasteiger partial charge is 0.0627 e. The molecule has 0 rings (SSSR count). The van der Waals surface area contributed by atoms with Crippen molar-refractivity contribution in [2.24, 2.45) is 16.7 Å². The molecule has 0 radical (unpaired) electrons. The molecule has 0 amide bonds. The second-order valence-corrected chi connectivity index (χ2v) is 7.71. The van der Waals surface area contributed by atoms with Crippen LogP contribution in [0.15, 0.2) is 0 Å². The number of hydrogen-bond donors (Lipinski definition) is 1. The van der Waals surface area contributed by atoms with Gasteiger partial charge in [-0.15, -0.1) is 0 Å². The molecule has 0 aliphatic rings. The highest BCUT2D eigenvalue weighted by molar-refractivity contribution is 4.84. The van der Waals surface area contributed by atoms with Gasteiger partial charge in [0.15, 0.2) is 0 Å². The highest BCUT2D eigenvalue weighted by atomic mass is 16.3. The van der Waals surface area contributed by atoms with Crippen LogP contribution in [-0.2, 0) is 0 Å². The minimum atomic E-state index is -0.537. The van der Waals surface area contributed by atoms with E-state index in [9.17, 15) is 5.11 Å². The van der Waals surface area contributed by atoms with Crippen LogP contribution in [0.2, 0.25) is 0 Å². The van der Waals surface area contributed by atoms with Crippen molar-refractivity contribution in [3.05, 3.63) is 0 Å². The second-order valence-electron chi connectivity index (χ2n) is 7.71. The fraction of sp³-hybridized carbons (Fsp3) is 1.00. The summed E-state index contributed by atoms with van der Waals surface area (Å²) >= 11 is 0. The van der Waals surface area contributed by atoms with Crippen molar-refractivity contribution in [3.8, 4) is 0 Å². The Bertz CT molecular complexity index is 190. The third-order valence-electron chi connectivity index (χ3n) is 3.14. The average Bonchev–Trinajstić information content (AvgIpc) is 1.76. The van der Waals surface area contributed by atoms with Crippen LogP contribution >= 0.6 is 0 Å². The van der Waals surface area contributed by atoms with Crippen LogP contribution in [0, 0.1) is 16.7 Å². The molecule has 1 N–H and O–H groups in total. The van der Waals surface area contributed by atoms with Crippen LogP contribution in [0.25, 0.3) is 0 Å². The van der Waals surface area contributed by atoms with Crippen molar-refractivity contribution >= 4 is 0 Å². The number of aliphatic hydroxyl groups is 1. The Morgan fingerprint density at radius 3 is 1.60 bits per heavy atom. The molecule has 1 heteroatoms. The lowest BCUT2D eigenvalue weighted by atomic mass is 9.72. The van der Waals surface area contributed by atoms with Gasteiger partial charge in [0, 0.05) is 0 Å². The molecule has 0 aromatic carbocycles. The molecule has 2 unspecified atom stereocenters. The van der Waals surface area contributed by atoms with Gasteiger partial charge in [0.25, 0.3) is 0 Å². The first-order chi connectivity index (χ1) is 6.33. The van der Waals surface area contributed by atoms with Gasteiger partial charge >= 0.3 is 0 Å². The minimum absolute atomic E-state index is 0.196. The van der Waals surface area contributed by atoms with Crippen LogP contribution in [0.4, 0.5) is 0 Å². The van der Waals surface area contributed by atoms with Gasteiger partial charge in [0.2, 0.25) is 0 Å². The predicted molar refractivity (Wildman–Crippen MR) is 67.9 cm³/mol. The van der Waals surface area contributed by atoms with E-state index < -0.39 is 5.60 Å². The summed E-state index contributed by atoms with van der Waals surface area (Å²) in [4.78, 5) is 0. The lowest BCUT2D eigenvalue weighted by Gasteiger charge is -2.37. The zero-order valence-electron chi connectivity index (χ0n) is 11.9. The van der Waals surface area contributed by atoms with E-state index in [1.54, 1.807) is 0 Å². The Labute approximate surface area is 96.3 Å². The first kappa shape index (κ1) is 15.0. The van der Waals surface area contributed by atoms with Crippen molar-refractivity contribution < 1.29 is 5.11 Å². The van der Waals surface area contributed by atoms with Crippen LogP contribution in [0.5, 0.6) is 0 Å². The van der Waals surface area contributed by atoms with E-state index in [2.05, 4.69) is 48.5 Å². The molecule has 0 spiro atoms. The molecule has 0 aromatic heterocycles. The van der Waals surface area contributed by atoms with Gasteiger partial charge in [-0.25, -0.2) is 0 Å². The van der Waals surface area contributed by atoms with Crippen molar-refractivity contribution in [3.63, 3.8) is 0 Å². The number of hydrogen-bond acceptors (Lipinski definition) is 1. The Morgan fingerprint density at radius 2 is 1.33 bits per heavy atom. The third-order valence-corrected chi connectivity index (χ3v) is 3.14. The van der Waals surface area contributed by atoms with E-state index in [1.807, 2.05) is 6.92 Å². The maximum atomic E-state index is 10.4. The molecule has 0 fully saturated rings. The summed E-state index contributed by atoms with van der Waals surface area (Å²) < 4.78 is 0. The summed E-state index contributed by atoms with van der Waals surface area (Å²) in [6.07, 6.45) is 1.74. The van der Waals surface area contributed by atoms with Gasteiger partial charge in [-0.05, 0) is 36.5 Å². The van der Waals surface area contributed by atoms with Crippen molar-refractivity contribution in [1.82, 2.24) is 0 Å². The maximum absolute atomic E-state index is 10.4. The second kappa shape index (κ2) is 4.45.